The van der Waals surface area contributed by atoms with Crippen LogP contribution in [0.4, 0.5) is 0 Å². The summed E-state index contributed by atoms with van der Waals surface area (Å²) in [6, 6.07) is 0. The maximum absolute atomic E-state index is 11.1. The fourth-order valence-corrected chi connectivity index (χ4v) is 5.99. The third-order valence-corrected chi connectivity index (χ3v) is 9.04. The molecule has 0 unspecified atom stereocenters. The monoisotopic (exact) mass is 593 g/mol. The maximum atomic E-state index is 11.1. The molecule has 0 bridgehead atoms. The Bertz CT molecular complexity index is 528. The van der Waals surface area contributed by atoms with Crippen LogP contribution >= 0.6 is 0 Å². The second-order valence-corrected chi connectivity index (χ2v) is 13.2. The molecule has 0 aromatic rings. The lowest BCUT2D eigenvalue weighted by Crippen LogP contribution is -2.44. The van der Waals surface area contributed by atoms with Gasteiger partial charge in [0, 0.05) is 0 Å². The lowest BCUT2D eigenvalue weighted by Gasteiger charge is -2.32. The lowest BCUT2D eigenvalue weighted by molar-refractivity contribution is -0.106. The highest BCUT2D eigenvalue weighted by Gasteiger charge is 2.33. The number of hydrogen-bond donors (Lipinski definition) is 3. The van der Waals surface area contributed by atoms with Crippen LogP contribution in [-0.4, -0.2) is 33.6 Å². The van der Waals surface area contributed by atoms with Gasteiger partial charge < -0.3 is 15.3 Å². The first-order valence-corrected chi connectivity index (χ1v) is 18.9. The van der Waals surface area contributed by atoms with Gasteiger partial charge in [0.1, 0.15) is 6.10 Å². The molecule has 0 fully saturated rings. The zero-order chi connectivity index (χ0) is 30.8. The molecule has 0 aromatic heterocycles. The van der Waals surface area contributed by atoms with Gasteiger partial charge in [0.25, 0.3) is 0 Å². The van der Waals surface area contributed by atoms with E-state index in [0.29, 0.717) is 12.8 Å². The van der Waals surface area contributed by atoms with E-state index in [-0.39, 0.29) is 6.61 Å². The largest absolute Gasteiger partial charge is 0.394 e. The van der Waals surface area contributed by atoms with Crippen LogP contribution in [0.3, 0.4) is 0 Å². The van der Waals surface area contributed by atoms with Crippen LogP contribution in [0.5, 0.6) is 0 Å². The molecule has 0 aliphatic rings. The molecular weight excluding hydrogens is 516 g/mol. The number of allylic oxidation sites excluding steroid dienone is 4. The number of aliphatic hydroxyl groups excluding tert-OH is 2. The molecule has 3 heteroatoms. The van der Waals surface area contributed by atoms with Crippen molar-refractivity contribution in [1.82, 2.24) is 0 Å². The van der Waals surface area contributed by atoms with Gasteiger partial charge in [-0.25, -0.2) is 0 Å². The van der Waals surface area contributed by atoms with Crippen molar-refractivity contribution >= 4 is 0 Å². The minimum atomic E-state index is -1.13. The topological polar surface area (TPSA) is 60.7 Å². The summed E-state index contributed by atoms with van der Waals surface area (Å²) >= 11 is 0. The Labute approximate surface area is 264 Å². The Morgan fingerprint density at radius 3 is 0.976 bits per heavy atom. The van der Waals surface area contributed by atoms with Gasteiger partial charge in [0.15, 0.2) is 0 Å². The summed E-state index contributed by atoms with van der Waals surface area (Å²) in [5.41, 5.74) is -1.13. The van der Waals surface area contributed by atoms with Crippen molar-refractivity contribution in [1.29, 1.82) is 0 Å². The zero-order valence-electron chi connectivity index (χ0n) is 28.6. The van der Waals surface area contributed by atoms with Crippen LogP contribution < -0.4 is 0 Å². The molecule has 3 N–H and O–H groups in total. The summed E-state index contributed by atoms with van der Waals surface area (Å²) in [4.78, 5) is 0. The first kappa shape index (κ1) is 41.4. The minimum absolute atomic E-state index is 0.352. The number of hydrogen-bond acceptors (Lipinski definition) is 3. The van der Waals surface area contributed by atoms with Gasteiger partial charge in [0.05, 0.1) is 12.2 Å². The molecule has 3 nitrogen and oxygen atoms in total. The SMILES string of the molecule is CCCCCCCC/C=C\CCCCCCCCC(O)(CCCCCCCC/C=C\CCCCCCCC)[C@@H](O)CO. The fourth-order valence-electron chi connectivity index (χ4n) is 5.99. The molecular formula is C39H76O3. The summed E-state index contributed by atoms with van der Waals surface area (Å²) < 4.78 is 0. The van der Waals surface area contributed by atoms with Gasteiger partial charge in [-0.2, -0.15) is 0 Å². The number of aliphatic hydroxyl groups is 3. The van der Waals surface area contributed by atoms with Crippen molar-refractivity contribution in [2.75, 3.05) is 6.61 Å². The predicted molar refractivity (Wildman–Crippen MR) is 186 cm³/mol. The third-order valence-electron chi connectivity index (χ3n) is 9.04. The summed E-state index contributed by atoms with van der Waals surface area (Å²) in [6.45, 7) is 4.19. The highest BCUT2D eigenvalue weighted by molar-refractivity contribution is 4.86. The molecule has 0 amide bonds. The van der Waals surface area contributed by atoms with Crippen molar-refractivity contribution in [3.05, 3.63) is 24.3 Å². The van der Waals surface area contributed by atoms with Gasteiger partial charge >= 0.3 is 0 Å². The summed E-state index contributed by atoms with van der Waals surface area (Å²) in [6.07, 6.45) is 45.1. The first-order chi connectivity index (χ1) is 20.6. The Morgan fingerprint density at radius 1 is 0.429 bits per heavy atom. The molecule has 0 radical (unpaired) electrons. The molecule has 0 rings (SSSR count). The Morgan fingerprint density at radius 2 is 0.690 bits per heavy atom. The smallest absolute Gasteiger partial charge is 0.106 e. The predicted octanol–water partition coefficient (Wildman–Crippen LogP) is 11.9. The molecule has 0 saturated heterocycles. The molecule has 1 atom stereocenters. The van der Waals surface area contributed by atoms with E-state index in [2.05, 4.69) is 38.2 Å². The Hall–Kier alpha value is -0.640. The second-order valence-electron chi connectivity index (χ2n) is 13.2. The second kappa shape index (κ2) is 33.3. The lowest BCUT2D eigenvalue weighted by atomic mass is 9.85. The average Bonchev–Trinajstić information content (AvgIpc) is 3.00. The van der Waals surface area contributed by atoms with Gasteiger partial charge in [-0.15, -0.1) is 0 Å². The van der Waals surface area contributed by atoms with Crippen LogP contribution in [-0.2, 0) is 0 Å². The van der Waals surface area contributed by atoms with Gasteiger partial charge in [-0.05, 0) is 64.2 Å². The quantitative estimate of drug-likeness (QED) is 0.0514. The first-order valence-electron chi connectivity index (χ1n) is 18.9. The number of unbranched alkanes of at least 4 members (excludes halogenated alkanes) is 24. The average molecular weight is 593 g/mol. The van der Waals surface area contributed by atoms with E-state index in [1.165, 1.54) is 154 Å². The molecule has 250 valence electrons. The third kappa shape index (κ3) is 28.1. The van der Waals surface area contributed by atoms with Crippen LogP contribution in [0, 0.1) is 0 Å². The van der Waals surface area contributed by atoms with Crippen molar-refractivity contribution in [2.45, 2.75) is 218 Å². The molecule has 0 spiro atoms. The van der Waals surface area contributed by atoms with E-state index in [1.807, 2.05) is 0 Å². The van der Waals surface area contributed by atoms with Crippen LogP contribution in [0.1, 0.15) is 206 Å². The van der Waals surface area contributed by atoms with E-state index in [9.17, 15) is 15.3 Å². The van der Waals surface area contributed by atoms with E-state index in [4.69, 9.17) is 0 Å². The maximum Gasteiger partial charge on any atom is 0.106 e. The Kier molecular flexibility index (Phi) is 32.8. The van der Waals surface area contributed by atoms with Crippen LogP contribution in [0.15, 0.2) is 24.3 Å². The number of rotatable bonds is 34. The summed E-state index contributed by atoms with van der Waals surface area (Å²) in [5, 5.41) is 30.9. The summed E-state index contributed by atoms with van der Waals surface area (Å²) in [5.74, 6) is 0. The molecule has 0 aliphatic heterocycles. The Balaban J connectivity index is 3.71. The van der Waals surface area contributed by atoms with Gasteiger partial charge in [-0.3, -0.25) is 0 Å². The summed E-state index contributed by atoms with van der Waals surface area (Å²) in [7, 11) is 0. The highest BCUT2D eigenvalue weighted by Crippen LogP contribution is 2.27. The van der Waals surface area contributed by atoms with Crippen molar-refractivity contribution < 1.29 is 15.3 Å². The normalized spacial score (nSPS) is 13.2. The van der Waals surface area contributed by atoms with Crippen LogP contribution in [0.2, 0.25) is 0 Å². The fraction of sp³-hybridized carbons (Fsp3) is 0.897. The molecule has 0 saturated carbocycles. The van der Waals surface area contributed by atoms with E-state index in [1.54, 1.807) is 0 Å². The van der Waals surface area contributed by atoms with E-state index in [0.717, 1.165) is 25.7 Å². The van der Waals surface area contributed by atoms with E-state index < -0.39 is 11.7 Å². The zero-order valence-corrected chi connectivity index (χ0v) is 28.6. The molecule has 0 heterocycles. The van der Waals surface area contributed by atoms with E-state index >= 15 is 0 Å². The molecule has 0 aromatic carbocycles. The van der Waals surface area contributed by atoms with Crippen LogP contribution in [0.25, 0.3) is 0 Å². The van der Waals surface area contributed by atoms with Gasteiger partial charge in [0.2, 0.25) is 0 Å². The van der Waals surface area contributed by atoms with Gasteiger partial charge in [-0.1, -0.05) is 167 Å². The molecule has 42 heavy (non-hydrogen) atoms. The van der Waals surface area contributed by atoms with Crippen molar-refractivity contribution in [2.24, 2.45) is 0 Å². The minimum Gasteiger partial charge on any atom is -0.394 e. The standard InChI is InChI=1S/C39H76O3/c1-3-5-7-9-11-13-15-17-19-21-23-25-27-29-31-33-35-39(42,38(41)37-40)36-34-32-30-28-26-24-22-20-18-16-14-12-10-8-6-4-2/h17-20,38,40-42H,3-16,21-37H2,1-2H3/b19-17-,20-18-/t38-/m0/s1. The molecule has 0 aliphatic carbocycles. The van der Waals surface area contributed by atoms with Crippen molar-refractivity contribution in [3.8, 4) is 0 Å². The van der Waals surface area contributed by atoms with Crippen molar-refractivity contribution in [3.63, 3.8) is 0 Å². The highest BCUT2D eigenvalue weighted by atomic mass is 16.4.